The van der Waals surface area contributed by atoms with Crippen molar-refractivity contribution in [2.45, 2.75) is 25.9 Å². The van der Waals surface area contributed by atoms with Gasteiger partial charge in [0.2, 0.25) is 0 Å². The SMILES string of the molecule is CC[C@H](CO)NCc1cnc[nH]1. The van der Waals surface area contributed by atoms with Crippen LogP contribution in [0.15, 0.2) is 12.5 Å². The third kappa shape index (κ3) is 2.64. The van der Waals surface area contributed by atoms with Crippen molar-refractivity contribution in [2.24, 2.45) is 0 Å². The van der Waals surface area contributed by atoms with E-state index < -0.39 is 0 Å². The van der Waals surface area contributed by atoms with E-state index >= 15 is 0 Å². The second-order valence-corrected chi connectivity index (χ2v) is 2.75. The lowest BCUT2D eigenvalue weighted by molar-refractivity contribution is 0.238. The smallest absolute Gasteiger partial charge is 0.0922 e. The van der Waals surface area contributed by atoms with Crippen LogP contribution in [0.3, 0.4) is 0 Å². The van der Waals surface area contributed by atoms with Crippen molar-refractivity contribution >= 4 is 0 Å². The maximum atomic E-state index is 8.87. The maximum absolute atomic E-state index is 8.87. The predicted molar refractivity (Wildman–Crippen MR) is 46.6 cm³/mol. The van der Waals surface area contributed by atoms with Gasteiger partial charge in [-0.3, -0.25) is 0 Å². The van der Waals surface area contributed by atoms with Crippen LogP contribution in [0.1, 0.15) is 19.0 Å². The molecule has 0 radical (unpaired) electrons. The Hall–Kier alpha value is -0.870. The van der Waals surface area contributed by atoms with Gasteiger partial charge in [0, 0.05) is 24.5 Å². The van der Waals surface area contributed by atoms with Crippen molar-refractivity contribution in [1.82, 2.24) is 15.3 Å². The van der Waals surface area contributed by atoms with E-state index in [9.17, 15) is 0 Å². The summed E-state index contributed by atoms with van der Waals surface area (Å²) in [5.41, 5.74) is 1.04. The summed E-state index contributed by atoms with van der Waals surface area (Å²) in [6.45, 7) is 2.96. The van der Waals surface area contributed by atoms with Crippen molar-refractivity contribution in [1.29, 1.82) is 0 Å². The van der Waals surface area contributed by atoms with Crippen molar-refractivity contribution in [3.63, 3.8) is 0 Å². The molecule has 1 aromatic heterocycles. The lowest BCUT2D eigenvalue weighted by Crippen LogP contribution is -2.31. The highest BCUT2D eigenvalue weighted by atomic mass is 16.3. The van der Waals surface area contributed by atoms with Gasteiger partial charge < -0.3 is 15.4 Å². The Morgan fingerprint density at radius 2 is 2.58 bits per heavy atom. The molecule has 4 nitrogen and oxygen atoms in total. The van der Waals surface area contributed by atoms with Crippen LogP contribution in [0.25, 0.3) is 0 Å². The van der Waals surface area contributed by atoms with Crippen LogP contribution in [-0.2, 0) is 6.54 Å². The molecule has 68 valence electrons. The summed E-state index contributed by atoms with van der Waals surface area (Å²) in [6.07, 6.45) is 4.36. The largest absolute Gasteiger partial charge is 0.395 e. The van der Waals surface area contributed by atoms with Gasteiger partial charge >= 0.3 is 0 Å². The molecule has 0 saturated carbocycles. The summed E-state index contributed by atoms with van der Waals surface area (Å²) in [6, 6.07) is 0.188. The van der Waals surface area contributed by atoms with Gasteiger partial charge in [-0.25, -0.2) is 4.98 Å². The Morgan fingerprint density at radius 1 is 1.75 bits per heavy atom. The van der Waals surface area contributed by atoms with Gasteiger partial charge in [-0.15, -0.1) is 0 Å². The highest BCUT2D eigenvalue weighted by molar-refractivity contribution is 4.93. The Balaban J connectivity index is 2.25. The Kier molecular flexibility index (Phi) is 3.76. The average molecular weight is 169 g/mol. The van der Waals surface area contributed by atoms with Gasteiger partial charge in [-0.2, -0.15) is 0 Å². The summed E-state index contributed by atoms with van der Waals surface area (Å²) in [4.78, 5) is 6.88. The molecular weight excluding hydrogens is 154 g/mol. The number of hydrogen-bond donors (Lipinski definition) is 3. The molecule has 0 amide bonds. The lowest BCUT2D eigenvalue weighted by Gasteiger charge is -2.12. The zero-order valence-corrected chi connectivity index (χ0v) is 7.25. The van der Waals surface area contributed by atoms with Crippen LogP contribution in [0, 0.1) is 0 Å². The number of aromatic amines is 1. The number of nitrogens with one attached hydrogen (secondary N) is 2. The van der Waals surface area contributed by atoms with Gasteiger partial charge in [-0.05, 0) is 6.42 Å². The van der Waals surface area contributed by atoms with Gasteiger partial charge in [0.15, 0.2) is 0 Å². The molecule has 4 heteroatoms. The number of imidazole rings is 1. The molecule has 1 rings (SSSR count). The normalized spacial score (nSPS) is 13.2. The molecule has 1 atom stereocenters. The highest BCUT2D eigenvalue weighted by Crippen LogP contribution is 1.93. The number of nitrogens with zero attached hydrogens (tertiary/aromatic N) is 1. The van der Waals surface area contributed by atoms with E-state index in [2.05, 4.69) is 15.3 Å². The van der Waals surface area contributed by atoms with Gasteiger partial charge in [0.25, 0.3) is 0 Å². The van der Waals surface area contributed by atoms with Crippen LogP contribution in [0.4, 0.5) is 0 Å². The highest BCUT2D eigenvalue weighted by Gasteiger charge is 2.02. The second-order valence-electron chi connectivity index (χ2n) is 2.75. The molecule has 0 spiro atoms. The van der Waals surface area contributed by atoms with Crippen LogP contribution in [0.2, 0.25) is 0 Å². The molecule has 3 N–H and O–H groups in total. The number of hydrogen-bond acceptors (Lipinski definition) is 3. The maximum Gasteiger partial charge on any atom is 0.0922 e. The second kappa shape index (κ2) is 4.90. The molecule has 0 aliphatic carbocycles. The van der Waals surface area contributed by atoms with Gasteiger partial charge in [-0.1, -0.05) is 6.92 Å². The minimum absolute atomic E-state index is 0.185. The first kappa shape index (κ1) is 9.22. The van der Waals surface area contributed by atoms with E-state index in [0.29, 0.717) is 0 Å². The molecule has 12 heavy (non-hydrogen) atoms. The fourth-order valence-electron chi connectivity index (χ4n) is 0.974. The molecule has 0 unspecified atom stereocenters. The zero-order valence-electron chi connectivity index (χ0n) is 7.25. The fraction of sp³-hybridized carbons (Fsp3) is 0.625. The number of H-pyrrole nitrogens is 1. The topological polar surface area (TPSA) is 60.9 Å². The Morgan fingerprint density at radius 3 is 3.08 bits per heavy atom. The predicted octanol–water partition coefficient (Wildman–Crippen LogP) is 0.270. The number of aromatic nitrogens is 2. The summed E-state index contributed by atoms with van der Waals surface area (Å²) in [5.74, 6) is 0. The third-order valence-electron chi connectivity index (χ3n) is 1.85. The molecule has 0 aliphatic rings. The summed E-state index contributed by atoms with van der Waals surface area (Å²) < 4.78 is 0. The molecule has 0 saturated heterocycles. The van der Waals surface area contributed by atoms with Crippen LogP contribution >= 0.6 is 0 Å². The summed E-state index contributed by atoms with van der Waals surface area (Å²) in [5, 5.41) is 12.1. The molecule has 0 fully saturated rings. The minimum atomic E-state index is 0.185. The first-order chi connectivity index (χ1) is 5.86. The van der Waals surface area contributed by atoms with Crippen molar-refractivity contribution in [3.05, 3.63) is 18.2 Å². The quantitative estimate of drug-likeness (QED) is 0.593. The Bertz CT molecular complexity index is 194. The van der Waals surface area contributed by atoms with Crippen molar-refractivity contribution in [3.8, 4) is 0 Å². The van der Waals surface area contributed by atoms with Gasteiger partial charge in [0.1, 0.15) is 0 Å². The monoisotopic (exact) mass is 169 g/mol. The van der Waals surface area contributed by atoms with E-state index in [1.165, 1.54) is 0 Å². The first-order valence-electron chi connectivity index (χ1n) is 4.18. The molecule has 1 aromatic rings. The van der Waals surface area contributed by atoms with Crippen molar-refractivity contribution < 1.29 is 5.11 Å². The van der Waals surface area contributed by atoms with E-state index in [1.54, 1.807) is 12.5 Å². The van der Waals surface area contributed by atoms with Crippen LogP contribution in [-0.4, -0.2) is 27.7 Å². The minimum Gasteiger partial charge on any atom is -0.395 e. The molecule has 0 aliphatic heterocycles. The lowest BCUT2D eigenvalue weighted by atomic mass is 10.2. The molecular formula is C8H15N3O. The molecule has 0 aromatic carbocycles. The van der Waals surface area contributed by atoms with E-state index in [1.807, 2.05) is 6.92 Å². The number of rotatable bonds is 5. The number of aliphatic hydroxyl groups excluding tert-OH is 1. The summed E-state index contributed by atoms with van der Waals surface area (Å²) in [7, 11) is 0. The van der Waals surface area contributed by atoms with Crippen LogP contribution < -0.4 is 5.32 Å². The van der Waals surface area contributed by atoms with E-state index in [-0.39, 0.29) is 12.6 Å². The van der Waals surface area contributed by atoms with E-state index in [4.69, 9.17) is 5.11 Å². The standard InChI is InChI=1S/C8H15N3O/c1-2-7(5-12)10-4-8-3-9-6-11-8/h3,6-7,10,12H,2,4-5H2,1H3,(H,9,11)/t7-/m1/s1. The third-order valence-corrected chi connectivity index (χ3v) is 1.85. The zero-order chi connectivity index (χ0) is 8.81. The summed E-state index contributed by atoms with van der Waals surface area (Å²) >= 11 is 0. The number of aliphatic hydroxyl groups is 1. The molecule has 0 bridgehead atoms. The van der Waals surface area contributed by atoms with E-state index in [0.717, 1.165) is 18.7 Å². The van der Waals surface area contributed by atoms with Crippen molar-refractivity contribution in [2.75, 3.05) is 6.61 Å². The average Bonchev–Trinajstić information content (AvgIpc) is 2.59. The molecule has 1 heterocycles. The fourth-order valence-corrected chi connectivity index (χ4v) is 0.974. The Labute approximate surface area is 72.0 Å². The van der Waals surface area contributed by atoms with Crippen LogP contribution in [0.5, 0.6) is 0 Å². The first-order valence-corrected chi connectivity index (χ1v) is 4.18. The van der Waals surface area contributed by atoms with Gasteiger partial charge in [0.05, 0.1) is 12.9 Å².